The van der Waals surface area contributed by atoms with Gasteiger partial charge in [-0.05, 0) is 42.7 Å². The fraction of sp³-hybridized carbons (Fsp3) is 0.238. The molecule has 0 radical (unpaired) electrons. The highest BCUT2D eigenvalue weighted by atomic mass is 19.1. The van der Waals surface area contributed by atoms with Crippen LogP contribution in [0.4, 0.5) is 10.2 Å². The first kappa shape index (κ1) is 21.0. The summed E-state index contributed by atoms with van der Waals surface area (Å²) in [4.78, 5) is 32.1. The van der Waals surface area contributed by atoms with Crippen molar-refractivity contribution in [3.05, 3.63) is 59.7 Å². The molecule has 0 unspecified atom stereocenters. The maximum atomic E-state index is 13.0. The number of rotatable bonds is 4. The molecule has 30 heavy (non-hydrogen) atoms. The number of carbonyl (C=O) groups is 2. The van der Waals surface area contributed by atoms with Gasteiger partial charge in [-0.3, -0.25) is 14.6 Å². The van der Waals surface area contributed by atoms with Crippen LogP contribution < -0.4 is 16.0 Å². The molecule has 1 aliphatic heterocycles. The number of amides is 2. The van der Waals surface area contributed by atoms with E-state index in [2.05, 4.69) is 25.9 Å². The van der Waals surface area contributed by atoms with Crippen molar-refractivity contribution in [3.8, 4) is 5.75 Å². The number of aromatic nitrogens is 2. The SMILES string of the molecule is NC=O.O=C(NCc1ccc(F)cc1)c1nc(N2CCCC2)c2cccnc2c1O. The Balaban J connectivity index is 0.000000806. The Bertz CT molecular complexity index is 1040. The maximum absolute atomic E-state index is 13.0. The second kappa shape index (κ2) is 9.64. The number of hydrogen-bond donors (Lipinski definition) is 3. The van der Waals surface area contributed by atoms with Crippen molar-refractivity contribution in [1.29, 1.82) is 0 Å². The van der Waals surface area contributed by atoms with Crippen LogP contribution in [0.5, 0.6) is 5.75 Å². The first-order valence-electron chi connectivity index (χ1n) is 9.45. The number of nitrogens with zero attached hydrogens (tertiary/aromatic N) is 3. The minimum absolute atomic E-state index is 0.0507. The van der Waals surface area contributed by atoms with Gasteiger partial charge in [0.05, 0.1) is 0 Å². The van der Waals surface area contributed by atoms with E-state index < -0.39 is 5.91 Å². The highest BCUT2D eigenvalue weighted by Gasteiger charge is 2.24. The summed E-state index contributed by atoms with van der Waals surface area (Å²) >= 11 is 0. The number of fused-ring (bicyclic) bond motifs is 1. The zero-order valence-corrected chi connectivity index (χ0v) is 16.2. The van der Waals surface area contributed by atoms with Gasteiger partial charge in [0.2, 0.25) is 6.41 Å². The lowest BCUT2D eigenvalue weighted by Gasteiger charge is -2.20. The second-order valence-electron chi connectivity index (χ2n) is 6.67. The largest absolute Gasteiger partial charge is 0.504 e. The normalized spacial score (nSPS) is 12.9. The van der Waals surface area contributed by atoms with Gasteiger partial charge in [0.15, 0.2) is 11.4 Å². The minimum Gasteiger partial charge on any atom is -0.504 e. The number of nitrogens with one attached hydrogen (secondary N) is 1. The van der Waals surface area contributed by atoms with E-state index in [1.807, 2.05) is 6.07 Å². The average Bonchev–Trinajstić information content (AvgIpc) is 3.29. The van der Waals surface area contributed by atoms with Gasteiger partial charge in [-0.1, -0.05) is 12.1 Å². The quantitative estimate of drug-likeness (QED) is 0.566. The Kier molecular flexibility index (Phi) is 6.74. The number of pyridine rings is 2. The summed E-state index contributed by atoms with van der Waals surface area (Å²) in [6.07, 6.45) is 3.96. The van der Waals surface area contributed by atoms with Crippen LogP contribution in [0.1, 0.15) is 28.9 Å². The van der Waals surface area contributed by atoms with E-state index in [1.165, 1.54) is 12.1 Å². The Morgan fingerprint density at radius 2 is 1.90 bits per heavy atom. The molecule has 2 aromatic heterocycles. The lowest BCUT2D eigenvalue weighted by Crippen LogP contribution is -2.26. The van der Waals surface area contributed by atoms with E-state index in [9.17, 15) is 14.3 Å². The lowest BCUT2D eigenvalue weighted by atomic mass is 10.1. The Hall–Kier alpha value is -3.75. The fourth-order valence-corrected chi connectivity index (χ4v) is 3.30. The number of aromatic hydroxyl groups is 1. The molecule has 9 heteroatoms. The molecular weight excluding hydrogens is 389 g/mol. The van der Waals surface area contributed by atoms with Crippen LogP contribution in [0.25, 0.3) is 10.9 Å². The van der Waals surface area contributed by atoms with Crippen LogP contribution in [0.2, 0.25) is 0 Å². The van der Waals surface area contributed by atoms with E-state index in [4.69, 9.17) is 4.79 Å². The van der Waals surface area contributed by atoms with E-state index in [1.54, 1.807) is 24.4 Å². The zero-order chi connectivity index (χ0) is 21.5. The average molecular weight is 411 g/mol. The van der Waals surface area contributed by atoms with Gasteiger partial charge in [0, 0.05) is 31.2 Å². The number of nitrogens with two attached hydrogens (primary N) is 1. The van der Waals surface area contributed by atoms with Gasteiger partial charge in [-0.2, -0.15) is 0 Å². The van der Waals surface area contributed by atoms with E-state index in [0.29, 0.717) is 11.3 Å². The van der Waals surface area contributed by atoms with Gasteiger partial charge in [0.1, 0.15) is 17.2 Å². The van der Waals surface area contributed by atoms with Crippen molar-refractivity contribution < 1.29 is 19.1 Å². The molecule has 0 spiro atoms. The summed E-state index contributed by atoms with van der Waals surface area (Å²) in [7, 11) is 0. The third-order valence-electron chi connectivity index (χ3n) is 4.70. The molecule has 1 aliphatic rings. The van der Waals surface area contributed by atoms with Crippen molar-refractivity contribution in [3.63, 3.8) is 0 Å². The molecule has 1 aromatic carbocycles. The molecule has 3 aromatic rings. The highest BCUT2D eigenvalue weighted by molar-refractivity contribution is 6.03. The third kappa shape index (κ3) is 4.62. The Labute approximate surface area is 172 Å². The van der Waals surface area contributed by atoms with Gasteiger partial charge in [-0.25, -0.2) is 9.37 Å². The molecule has 0 atom stereocenters. The predicted molar refractivity (Wildman–Crippen MR) is 110 cm³/mol. The van der Waals surface area contributed by atoms with E-state index in [-0.39, 0.29) is 30.2 Å². The van der Waals surface area contributed by atoms with Crippen molar-refractivity contribution >= 4 is 29.0 Å². The first-order chi connectivity index (χ1) is 14.5. The Morgan fingerprint density at radius 1 is 1.23 bits per heavy atom. The molecule has 0 saturated carbocycles. The topological polar surface area (TPSA) is 121 Å². The fourth-order valence-electron chi connectivity index (χ4n) is 3.30. The lowest BCUT2D eigenvalue weighted by molar-refractivity contribution is -0.106. The maximum Gasteiger partial charge on any atom is 0.274 e. The number of hydrogen-bond acceptors (Lipinski definition) is 6. The van der Waals surface area contributed by atoms with Crippen LogP contribution in [-0.4, -0.2) is 40.5 Å². The molecule has 4 rings (SSSR count). The molecular formula is C21H22FN5O3. The standard InChI is InChI=1S/C20H19FN4O2.CH3NO/c21-14-7-5-13(6-8-14)12-23-20(27)17-18(26)16-15(4-3-9-22-16)19(24-17)25-10-1-2-11-25;2-1-3/h3-9,26H,1-2,10-12H2,(H,23,27);1H,(H2,2,3). The summed E-state index contributed by atoms with van der Waals surface area (Å²) in [5, 5.41) is 14.0. The molecule has 1 saturated heterocycles. The van der Waals surface area contributed by atoms with Gasteiger partial charge < -0.3 is 21.1 Å². The van der Waals surface area contributed by atoms with Crippen molar-refractivity contribution in [2.45, 2.75) is 19.4 Å². The number of carbonyl (C=O) groups excluding carboxylic acids is 2. The summed E-state index contributed by atoms with van der Waals surface area (Å²) in [5.41, 5.74) is 5.23. The first-order valence-corrected chi connectivity index (χ1v) is 9.45. The van der Waals surface area contributed by atoms with Crippen LogP contribution in [0.15, 0.2) is 42.6 Å². The molecule has 3 heterocycles. The zero-order valence-electron chi connectivity index (χ0n) is 16.2. The molecule has 0 bridgehead atoms. The molecule has 4 N–H and O–H groups in total. The molecule has 8 nitrogen and oxygen atoms in total. The van der Waals surface area contributed by atoms with Gasteiger partial charge in [-0.15, -0.1) is 0 Å². The summed E-state index contributed by atoms with van der Waals surface area (Å²) in [6.45, 7) is 1.93. The van der Waals surface area contributed by atoms with Crippen LogP contribution in [-0.2, 0) is 11.3 Å². The van der Waals surface area contributed by atoms with E-state index >= 15 is 0 Å². The van der Waals surface area contributed by atoms with Crippen molar-refractivity contribution in [2.75, 3.05) is 18.0 Å². The Morgan fingerprint density at radius 3 is 2.57 bits per heavy atom. The van der Waals surface area contributed by atoms with Crippen LogP contribution >= 0.6 is 0 Å². The number of halogens is 1. The predicted octanol–water partition coefficient (Wildman–Crippen LogP) is 2.11. The minimum atomic E-state index is -0.496. The smallest absolute Gasteiger partial charge is 0.274 e. The highest BCUT2D eigenvalue weighted by Crippen LogP contribution is 2.33. The molecule has 1 fully saturated rings. The number of benzene rings is 1. The van der Waals surface area contributed by atoms with Gasteiger partial charge in [0.25, 0.3) is 5.91 Å². The molecule has 156 valence electrons. The van der Waals surface area contributed by atoms with Crippen molar-refractivity contribution in [2.24, 2.45) is 5.73 Å². The van der Waals surface area contributed by atoms with Gasteiger partial charge >= 0.3 is 0 Å². The monoisotopic (exact) mass is 411 g/mol. The summed E-state index contributed by atoms with van der Waals surface area (Å²) in [6, 6.07) is 9.51. The number of anilines is 1. The third-order valence-corrected chi connectivity index (χ3v) is 4.70. The van der Waals surface area contributed by atoms with Crippen LogP contribution in [0.3, 0.4) is 0 Å². The van der Waals surface area contributed by atoms with Crippen LogP contribution in [0, 0.1) is 5.82 Å². The summed E-state index contributed by atoms with van der Waals surface area (Å²) in [5.74, 6) is -0.393. The number of primary amides is 1. The molecule has 2 amide bonds. The second-order valence-corrected chi connectivity index (χ2v) is 6.67. The molecule has 0 aliphatic carbocycles. The summed E-state index contributed by atoms with van der Waals surface area (Å²) < 4.78 is 13.0. The van der Waals surface area contributed by atoms with E-state index in [0.717, 1.165) is 36.9 Å². The van der Waals surface area contributed by atoms with Crippen molar-refractivity contribution in [1.82, 2.24) is 15.3 Å².